The largest absolute Gasteiger partial charge is 0.463 e. The van der Waals surface area contributed by atoms with Crippen LogP contribution in [0.4, 0.5) is 0 Å². The molecular weight excluding hydrogens is 404 g/mol. The average Bonchev–Trinajstić information content (AvgIpc) is 3.09. The molecule has 1 unspecified atom stereocenters. The second-order valence-corrected chi connectivity index (χ2v) is 10.6. The number of carbonyl (C=O) groups is 2. The molecule has 0 aromatic heterocycles. The average molecular weight is 455 g/mol. The SMILES string of the molecule is CCCCOC(=O)C(OC)C(=O)CCCC[C@@H]1[C@@H](CCCC(C)(C)CCCC)CC[C@@H]1O. The van der Waals surface area contributed by atoms with Gasteiger partial charge in [-0.05, 0) is 62.2 Å². The summed E-state index contributed by atoms with van der Waals surface area (Å²) in [6.07, 6.45) is 12.9. The summed E-state index contributed by atoms with van der Waals surface area (Å²) in [5, 5.41) is 10.5. The van der Waals surface area contributed by atoms with Crippen molar-refractivity contribution < 1.29 is 24.2 Å². The van der Waals surface area contributed by atoms with Gasteiger partial charge in [0.15, 0.2) is 5.78 Å². The van der Waals surface area contributed by atoms with E-state index in [2.05, 4.69) is 20.8 Å². The molecule has 4 atom stereocenters. The third kappa shape index (κ3) is 10.8. The van der Waals surface area contributed by atoms with Gasteiger partial charge in [0, 0.05) is 13.5 Å². The van der Waals surface area contributed by atoms with Gasteiger partial charge in [-0.1, -0.05) is 66.2 Å². The second kappa shape index (κ2) is 15.8. The van der Waals surface area contributed by atoms with E-state index in [9.17, 15) is 14.7 Å². The predicted molar refractivity (Wildman–Crippen MR) is 130 cm³/mol. The zero-order chi connectivity index (χ0) is 24.0. The summed E-state index contributed by atoms with van der Waals surface area (Å²) in [6.45, 7) is 9.37. The first-order valence-corrected chi connectivity index (χ1v) is 13.2. The van der Waals surface area contributed by atoms with Crippen LogP contribution in [0.5, 0.6) is 0 Å². The van der Waals surface area contributed by atoms with Crippen molar-refractivity contribution in [2.24, 2.45) is 17.3 Å². The monoisotopic (exact) mass is 454 g/mol. The van der Waals surface area contributed by atoms with Crippen LogP contribution in [-0.4, -0.2) is 42.8 Å². The van der Waals surface area contributed by atoms with E-state index < -0.39 is 12.1 Å². The molecule has 0 bridgehead atoms. The lowest BCUT2D eigenvalue weighted by Gasteiger charge is -2.27. The number of hydrogen-bond acceptors (Lipinski definition) is 5. The molecule has 5 nitrogen and oxygen atoms in total. The number of rotatable bonds is 18. The van der Waals surface area contributed by atoms with Gasteiger partial charge in [-0.2, -0.15) is 0 Å². The van der Waals surface area contributed by atoms with E-state index in [-0.39, 0.29) is 11.9 Å². The van der Waals surface area contributed by atoms with Crippen LogP contribution < -0.4 is 0 Å². The number of unbranched alkanes of at least 4 members (excludes halogenated alkanes) is 3. The zero-order valence-corrected chi connectivity index (χ0v) is 21.5. The summed E-state index contributed by atoms with van der Waals surface area (Å²) >= 11 is 0. The van der Waals surface area contributed by atoms with E-state index in [1.807, 2.05) is 6.92 Å². The lowest BCUT2D eigenvalue weighted by atomic mass is 9.79. The minimum atomic E-state index is -1.10. The van der Waals surface area contributed by atoms with Crippen LogP contribution in [0.3, 0.4) is 0 Å². The van der Waals surface area contributed by atoms with Crippen LogP contribution in [0, 0.1) is 17.3 Å². The van der Waals surface area contributed by atoms with E-state index in [0.717, 1.165) is 44.9 Å². The summed E-state index contributed by atoms with van der Waals surface area (Å²) < 4.78 is 10.2. The molecule has 0 heterocycles. The van der Waals surface area contributed by atoms with Gasteiger partial charge >= 0.3 is 5.97 Å². The Hall–Kier alpha value is -0.940. The molecule has 0 aliphatic heterocycles. The summed E-state index contributed by atoms with van der Waals surface area (Å²) in [6, 6.07) is 0. The molecule has 0 spiro atoms. The van der Waals surface area contributed by atoms with Gasteiger partial charge in [0.2, 0.25) is 6.10 Å². The highest BCUT2D eigenvalue weighted by molar-refractivity contribution is 6.01. The van der Waals surface area contributed by atoms with Crippen molar-refractivity contribution in [1.29, 1.82) is 0 Å². The molecule has 1 aliphatic carbocycles. The van der Waals surface area contributed by atoms with Gasteiger partial charge in [-0.25, -0.2) is 4.79 Å². The van der Waals surface area contributed by atoms with Crippen molar-refractivity contribution in [3.05, 3.63) is 0 Å². The van der Waals surface area contributed by atoms with Crippen molar-refractivity contribution >= 4 is 11.8 Å². The maximum atomic E-state index is 12.4. The summed E-state index contributed by atoms with van der Waals surface area (Å²) in [5.41, 5.74) is 0.415. The molecule has 188 valence electrons. The molecule has 1 aliphatic rings. The minimum absolute atomic E-state index is 0.202. The highest BCUT2D eigenvalue weighted by atomic mass is 16.6. The topological polar surface area (TPSA) is 72.8 Å². The van der Waals surface area contributed by atoms with E-state index in [4.69, 9.17) is 9.47 Å². The van der Waals surface area contributed by atoms with E-state index in [1.54, 1.807) is 0 Å². The molecule has 1 fully saturated rings. The van der Waals surface area contributed by atoms with E-state index >= 15 is 0 Å². The third-order valence-corrected chi connectivity index (χ3v) is 7.26. The first-order valence-electron chi connectivity index (χ1n) is 13.2. The smallest absolute Gasteiger partial charge is 0.343 e. The fourth-order valence-electron chi connectivity index (χ4n) is 5.10. The molecule has 1 saturated carbocycles. The van der Waals surface area contributed by atoms with Gasteiger partial charge < -0.3 is 14.6 Å². The number of esters is 1. The Balaban J connectivity index is 2.36. The molecule has 0 amide bonds. The van der Waals surface area contributed by atoms with Gasteiger partial charge in [0.25, 0.3) is 0 Å². The normalized spacial score (nSPS) is 22.1. The third-order valence-electron chi connectivity index (χ3n) is 7.26. The molecule has 1 N–H and O–H groups in total. The number of aliphatic hydroxyl groups excluding tert-OH is 1. The standard InChI is InChI=1S/C27H50O5/c1-6-8-18-27(3,4)19-12-13-21-16-17-23(28)22(21)14-10-11-15-24(29)25(31-5)26(30)32-20-9-7-2/h21-23,25,28H,6-20H2,1-5H3/t21-,22+,23-,25?/m0/s1. The van der Waals surface area contributed by atoms with Gasteiger partial charge in [-0.15, -0.1) is 0 Å². The first-order chi connectivity index (χ1) is 15.3. The summed E-state index contributed by atoms with van der Waals surface area (Å²) in [7, 11) is 1.38. The summed E-state index contributed by atoms with van der Waals surface area (Å²) in [5.74, 6) is 0.176. The lowest BCUT2D eigenvalue weighted by Crippen LogP contribution is -2.33. The Morgan fingerprint density at radius 1 is 0.969 bits per heavy atom. The molecule has 0 radical (unpaired) electrons. The van der Waals surface area contributed by atoms with Gasteiger partial charge in [-0.3, -0.25) is 4.79 Å². The number of ketones is 1. The lowest BCUT2D eigenvalue weighted by molar-refractivity contribution is -0.159. The molecule has 0 aromatic rings. The Labute approximate surface area is 197 Å². The van der Waals surface area contributed by atoms with Crippen LogP contribution >= 0.6 is 0 Å². The number of hydrogen-bond donors (Lipinski definition) is 1. The van der Waals surface area contributed by atoms with Crippen LogP contribution in [0.2, 0.25) is 0 Å². The number of methoxy groups -OCH3 is 1. The van der Waals surface area contributed by atoms with Gasteiger partial charge in [0.05, 0.1) is 12.7 Å². The van der Waals surface area contributed by atoms with Crippen LogP contribution in [0.1, 0.15) is 118 Å². The molecular formula is C27H50O5. The first kappa shape index (κ1) is 29.1. The quantitative estimate of drug-likeness (QED) is 0.151. The Kier molecular flexibility index (Phi) is 14.4. The molecule has 5 heteroatoms. The Bertz CT molecular complexity index is 530. The van der Waals surface area contributed by atoms with Crippen LogP contribution in [0.25, 0.3) is 0 Å². The van der Waals surface area contributed by atoms with E-state index in [0.29, 0.717) is 30.3 Å². The Morgan fingerprint density at radius 2 is 1.66 bits per heavy atom. The van der Waals surface area contributed by atoms with Crippen molar-refractivity contribution in [2.75, 3.05) is 13.7 Å². The second-order valence-electron chi connectivity index (χ2n) is 10.6. The van der Waals surface area contributed by atoms with E-state index in [1.165, 1.54) is 45.6 Å². The fourth-order valence-corrected chi connectivity index (χ4v) is 5.10. The minimum Gasteiger partial charge on any atom is -0.463 e. The summed E-state index contributed by atoms with van der Waals surface area (Å²) in [4.78, 5) is 24.5. The molecule has 32 heavy (non-hydrogen) atoms. The number of Topliss-reactive ketones (excluding diaryl/α,β-unsaturated/α-hetero) is 1. The molecule has 0 aromatic carbocycles. The Morgan fingerprint density at radius 3 is 2.31 bits per heavy atom. The van der Waals surface area contributed by atoms with Crippen molar-refractivity contribution in [2.45, 2.75) is 130 Å². The fraction of sp³-hybridized carbons (Fsp3) is 0.926. The van der Waals surface area contributed by atoms with Crippen molar-refractivity contribution in [1.82, 2.24) is 0 Å². The number of ether oxygens (including phenoxy) is 2. The molecule has 0 saturated heterocycles. The van der Waals surface area contributed by atoms with Crippen molar-refractivity contribution in [3.63, 3.8) is 0 Å². The molecule has 1 rings (SSSR count). The maximum absolute atomic E-state index is 12.4. The number of aliphatic hydroxyl groups is 1. The van der Waals surface area contributed by atoms with Crippen molar-refractivity contribution in [3.8, 4) is 0 Å². The highest BCUT2D eigenvalue weighted by Crippen LogP contribution is 2.40. The zero-order valence-electron chi connectivity index (χ0n) is 21.5. The maximum Gasteiger partial charge on any atom is 0.343 e. The van der Waals surface area contributed by atoms with Gasteiger partial charge in [0.1, 0.15) is 0 Å². The highest BCUT2D eigenvalue weighted by Gasteiger charge is 2.34. The number of carbonyl (C=O) groups excluding carboxylic acids is 2. The predicted octanol–water partition coefficient (Wildman–Crippen LogP) is 6.25. The van der Waals surface area contributed by atoms with Crippen LogP contribution in [-0.2, 0) is 19.1 Å². The van der Waals surface area contributed by atoms with Crippen LogP contribution in [0.15, 0.2) is 0 Å².